The zero-order chi connectivity index (χ0) is 6.57. The van der Waals surface area contributed by atoms with Gasteiger partial charge in [0.2, 0.25) is 0 Å². The second kappa shape index (κ2) is 3.87. The van der Waals surface area contributed by atoms with Crippen molar-refractivity contribution in [2.75, 3.05) is 27.7 Å². The Morgan fingerprint density at radius 3 is 2.12 bits per heavy atom. The first-order chi connectivity index (χ1) is 3.68. The molecule has 0 spiro atoms. The maximum absolute atomic E-state index is 4.02. The number of nitrogens with zero attached hydrogens (tertiary/aromatic N) is 2. The Bertz CT molecular complexity index is 52.5. The van der Waals surface area contributed by atoms with Gasteiger partial charge >= 0.3 is 0 Å². The first-order valence-electron chi connectivity index (χ1n) is 2.90. The van der Waals surface area contributed by atoms with Gasteiger partial charge in [0.05, 0.1) is 0 Å². The molecule has 0 aliphatic heterocycles. The molecule has 1 unspecified atom stereocenters. The summed E-state index contributed by atoms with van der Waals surface area (Å²) in [5, 5.41) is 4.02. The average molecular weight is 115 g/mol. The average Bonchev–Trinajstić information content (AvgIpc) is 1.67. The van der Waals surface area contributed by atoms with E-state index in [1.54, 1.807) is 0 Å². The highest BCUT2D eigenvalue weighted by atomic mass is 15.1. The maximum Gasteiger partial charge on any atom is 0.0283 e. The lowest BCUT2D eigenvalue weighted by molar-refractivity contribution is 0.307. The van der Waals surface area contributed by atoms with Crippen molar-refractivity contribution in [2.45, 2.75) is 13.0 Å². The second-order valence-electron chi connectivity index (χ2n) is 2.31. The zero-order valence-corrected chi connectivity index (χ0v) is 6.18. The van der Waals surface area contributed by atoms with E-state index in [1.807, 2.05) is 7.05 Å². The lowest BCUT2D eigenvalue weighted by Crippen LogP contribution is -2.31. The predicted molar refractivity (Wildman–Crippen MR) is 36.1 cm³/mol. The van der Waals surface area contributed by atoms with E-state index in [4.69, 9.17) is 0 Å². The largest absolute Gasteiger partial charge is 0.305 e. The van der Waals surface area contributed by atoms with Crippen LogP contribution in [-0.2, 0) is 0 Å². The predicted octanol–water partition coefficient (Wildman–Crippen LogP) is 0.171. The summed E-state index contributed by atoms with van der Waals surface area (Å²) in [7, 11) is 5.98. The van der Waals surface area contributed by atoms with Gasteiger partial charge in [-0.05, 0) is 21.0 Å². The standard InChI is InChI=1S/C6H15N2/c1-6(5-7-2)8(3)4/h6H,5H2,1-4H3. The number of likely N-dealkylation sites (N-methyl/N-ethyl adjacent to an activating group) is 2. The third-order valence-electron chi connectivity index (χ3n) is 1.33. The fraction of sp³-hybridized carbons (Fsp3) is 1.00. The molecule has 0 aliphatic rings. The summed E-state index contributed by atoms with van der Waals surface area (Å²) >= 11 is 0. The molecule has 1 radical (unpaired) electrons. The Morgan fingerprint density at radius 2 is 2.00 bits per heavy atom. The third kappa shape index (κ3) is 2.99. The van der Waals surface area contributed by atoms with Crippen molar-refractivity contribution in [1.82, 2.24) is 10.2 Å². The van der Waals surface area contributed by atoms with Gasteiger partial charge in [-0.25, -0.2) is 5.32 Å². The summed E-state index contributed by atoms with van der Waals surface area (Å²) in [5.41, 5.74) is 0. The molecule has 8 heavy (non-hydrogen) atoms. The van der Waals surface area contributed by atoms with E-state index in [1.165, 1.54) is 0 Å². The first kappa shape index (κ1) is 7.92. The van der Waals surface area contributed by atoms with E-state index in [0.717, 1.165) is 6.54 Å². The zero-order valence-electron chi connectivity index (χ0n) is 6.18. The Labute approximate surface area is 51.9 Å². The molecule has 0 heterocycles. The molecule has 0 saturated heterocycles. The third-order valence-corrected chi connectivity index (χ3v) is 1.33. The minimum atomic E-state index is 0.583. The molecule has 0 fully saturated rings. The van der Waals surface area contributed by atoms with Crippen LogP contribution in [-0.4, -0.2) is 38.6 Å². The van der Waals surface area contributed by atoms with Crippen molar-refractivity contribution < 1.29 is 0 Å². The highest BCUT2D eigenvalue weighted by Gasteiger charge is 2.00. The quantitative estimate of drug-likeness (QED) is 0.512. The van der Waals surface area contributed by atoms with Gasteiger partial charge in [-0.1, -0.05) is 0 Å². The summed E-state index contributed by atoms with van der Waals surface area (Å²) in [6.45, 7) is 3.10. The Morgan fingerprint density at radius 1 is 1.50 bits per heavy atom. The fourth-order valence-electron chi connectivity index (χ4n) is 0.428. The van der Waals surface area contributed by atoms with Crippen LogP contribution < -0.4 is 5.32 Å². The molecule has 0 aromatic carbocycles. The van der Waals surface area contributed by atoms with Crippen LogP contribution in [0.1, 0.15) is 6.92 Å². The summed E-state index contributed by atoms with van der Waals surface area (Å²) in [6.07, 6.45) is 0. The molecular weight excluding hydrogens is 100 g/mol. The lowest BCUT2D eigenvalue weighted by Gasteiger charge is -2.17. The van der Waals surface area contributed by atoms with E-state index >= 15 is 0 Å². The van der Waals surface area contributed by atoms with E-state index in [9.17, 15) is 0 Å². The van der Waals surface area contributed by atoms with Crippen molar-refractivity contribution in [1.29, 1.82) is 0 Å². The molecule has 0 N–H and O–H groups in total. The van der Waals surface area contributed by atoms with Crippen LogP contribution in [0.2, 0.25) is 0 Å². The molecule has 2 nitrogen and oxygen atoms in total. The van der Waals surface area contributed by atoms with E-state index in [2.05, 4.69) is 31.2 Å². The molecule has 0 aromatic heterocycles. The van der Waals surface area contributed by atoms with Gasteiger partial charge in [0.1, 0.15) is 0 Å². The summed E-state index contributed by atoms with van der Waals surface area (Å²) in [6, 6.07) is 0.583. The van der Waals surface area contributed by atoms with Gasteiger partial charge in [-0.15, -0.1) is 0 Å². The van der Waals surface area contributed by atoms with Crippen LogP contribution in [0.5, 0.6) is 0 Å². The normalized spacial score (nSPS) is 14.6. The van der Waals surface area contributed by atoms with Crippen LogP contribution in [0.3, 0.4) is 0 Å². The summed E-state index contributed by atoms with van der Waals surface area (Å²) in [4.78, 5) is 2.16. The Hall–Kier alpha value is -0.0800. The van der Waals surface area contributed by atoms with Gasteiger partial charge in [-0.2, -0.15) is 0 Å². The topological polar surface area (TPSA) is 17.3 Å². The minimum absolute atomic E-state index is 0.583. The van der Waals surface area contributed by atoms with Crippen molar-refractivity contribution in [2.24, 2.45) is 0 Å². The van der Waals surface area contributed by atoms with Gasteiger partial charge < -0.3 is 4.90 Å². The van der Waals surface area contributed by atoms with Crippen LogP contribution >= 0.6 is 0 Å². The SMILES string of the molecule is C[N]CC(C)N(C)C. The Kier molecular flexibility index (Phi) is 3.83. The van der Waals surface area contributed by atoms with Gasteiger partial charge in [0.15, 0.2) is 0 Å². The summed E-state index contributed by atoms with van der Waals surface area (Å²) < 4.78 is 0. The summed E-state index contributed by atoms with van der Waals surface area (Å²) in [5.74, 6) is 0. The molecular formula is C6H15N2. The molecule has 0 saturated carbocycles. The Balaban J connectivity index is 3.17. The van der Waals surface area contributed by atoms with Crippen molar-refractivity contribution in [3.63, 3.8) is 0 Å². The van der Waals surface area contributed by atoms with Crippen LogP contribution in [0.15, 0.2) is 0 Å². The van der Waals surface area contributed by atoms with Gasteiger partial charge in [0.25, 0.3) is 0 Å². The molecule has 2 heteroatoms. The van der Waals surface area contributed by atoms with Crippen LogP contribution in [0, 0.1) is 0 Å². The smallest absolute Gasteiger partial charge is 0.0283 e. The molecule has 0 aromatic rings. The molecule has 0 bridgehead atoms. The van der Waals surface area contributed by atoms with Gasteiger partial charge in [-0.3, -0.25) is 0 Å². The highest BCUT2D eigenvalue weighted by Crippen LogP contribution is 1.86. The number of hydrogen-bond donors (Lipinski definition) is 0. The first-order valence-corrected chi connectivity index (χ1v) is 2.90. The van der Waals surface area contributed by atoms with E-state index in [0.29, 0.717) is 6.04 Å². The van der Waals surface area contributed by atoms with Crippen molar-refractivity contribution >= 4 is 0 Å². The van der Waals surface area contributed by atoms with Gasteiger partial charge in [0, 0.05) is 19.6 Å². The van der Waals surface area contributed by atoms with Crippen LogP contribution in [0.25, 0.3) is 0 Å². The number of rotatable bonds is 3. The monoisotopic (exact) mass is 115 g/mol. The van der Waals surface area contributed by atoms with Crippen molar-refractivity contribution in [3.8, 4) is 0 Å². The molecule has 1 atom stereocenters. The highest BCUT2D eigenvalue weighted by molar-refractivity contribution is 4.59. The number of hydrogen-bond acceptors (Lipinski definition) is 1. The molecule has 0 rings (SSSR count). The maximum atomic E-state index is 4.02. The lowest BCUT2D eigenvalue weighted by atomic mass is 10.3. The van der Waals surface area contributed by atoms with E-state index in [-0.39, 0.29) is 0 Å². The molecule has 0 aliphatic carbocycles. The van der Waals surface area contributed by atoms with E-state index < -0.39 is 0 Å². The molecule has 49 valence electrons. The molecule has 0 amide bonds. The van der Waals surface area contributed by atoms with Crippen LogP contribution in [0.4, 0.5) is 0 Å². The minimum Gasteiger partial charge on any atom is -0.305 e. The second-order valence-corrected chi connectivity index (χ2v) is 2.31. The van der Waals surface area contributed by atoms with Crippen molar-refractivity contribution in [3.05, 3.63) is 0 Å². The fourth-order valence-corrected chi connectivity index (χ4v) is 0.428.